The summed E-state index contributed by atoms with van der Waals surface area (Å²) in [7, 11) is 0. The summed E-state index contributed by atoms with van der Waals surface area (Å²) >= 11 is 0. The molecule has 0 saturated carbocycles. The second-order valence-corrected chi connectivity index (χ2v) is 5.29. The molecule has 2 aromatic carbocycles. The van der Waals surface area contributed by atoms with Gasteiger partial charge in [0.1, 0.15) is 17.7 Å². The number of benzene rings is 2. The van der Waals surface area contributed by atoms with Crippen molar-refractivity contribution in [1.82, 2.24) is 0 Å². The van der Waals surface area contributed by atoms with Crippen molar-refractivity contribution in [3.8, 4) is 0 Å². The van der Waals surface area contributed by atoms with Crippen LogP contribution in [0.25, 0.3) is 0 Å². The van der Waals surface area contributed by atoms with E-state index < -0.39 is 17.7 Å². The molecule has 0 spiro atoms. The lowest BCUT2D eigenvalue weighted by Gasteiger charge is -2.17. The Bertz CT molecular complexity index is 646. The molecule has 3 nitrogen and oxygen atoms in total. The molecule has 1 amide bonds. The van der Waals surface area contributed by atoms with Crippen LogP contribution < -0.4 is 10.6 Å². The van der Waals surface area contributed by atoms with E-state index in [1.165, 1.54) is 12.1 Å². The van der Waals surface area contributed by atoms with Gasteiger partial charge in [-0.05, 0) is 38.1 Å². The van der Waals surface area contributed by atoms with Crippen LogP contribution in [0.4, 0.5) is 14.5 Å². The van der Waals surface area contributed by atoms with Gasteiger partial charge >= 0.3 is 0 Å². The van der Waals surface area contributed by atoms with Gasteiger partial charge in [0.15, 0.2) is 6.04 Å². The smallest absolute Gasteiger partial charge is 0.282 e. The summed E-state index contributed by atoms with van der Waals surface area (Å²) in [6, 6.07) is 11.9. The molecular formula is C17H19F2N2O+. The molecule has 0 radical (unpaired) electrons. The highest BCUT2D eigenvalue weighted by Crippen LogP contribution is 2.15. The van der Waals surface area contributed by atoms with Gasteiger partial charge in [0.2, 0.25) is 0 Å². The molecule has 116 valence electrons. The molecule has 3 N–H and O–H groups in total. The minimum atomic E-state index is -0.608. The van der Waals surface area contributed by atoms with Crippen molar-refractivity contribution in [2.24, 2.45) is 0 Å². The Morgan fingerprint density at radius 3 is 2.41 bits per heavy atom. The first-order valence-electron chi connectivity index (χ1n) is 7.13. The molecule has 2 atom stereocenters. The molecule has 0 aliphatic heterocycles. The number of amides is 1. The molecule has 0 bridgehead atoms. The first-order chi connectivity index (χ1) is 10.5. The van der Waals surface area contributed by atoms with Crippen molar-refractivity contribution in [3.05, 3.63) is 65.7 Å². The minimum absolute atomic E-state index is 0.166. The number of nitrogens with two attached hydrogens (primary N) is 1. The molecule has 0 saturated heterocycles. The Balaban J connectivity index is 1.98. The van der Waals surface area contributed by atoms with Gasteiger partial charge in [-0.2, -0.15) is 0 Å². The number of hydrogen-bond donors (Lipinski definition) is 2. The van der Waals surface area contributed by atoms with E-state index in [0.717, 1.165) is 6.07 Å². The molecule has 5 heteroatoms. The van der Waals surface area contributed by atoms with Gasteiger partial charge < -0.3 is 10.6 Å². The topological polar surface area (TPSA) is 45.7 Å². The monoisotopic (exact) mass is 305 g/mol. The van der Waals surface area contributed by atoms with Crippen LogP contribution in [-0.4, -0.2) is 11.9 Å². The zero-order valence-electron chi connectivity index (χ0n) is 12.5. The van der Waals surface area contributed by atoms with E-state index in [1.807, 2.05) is 18.2 Å². The fourth-order valence-corrected chi connectivity index (χ4v) is 2.27. The maximum Gasteiger partial charge on any atom is 0.282 e. The van der Waals surface area contributed by atoms with E-state index >= 15 is 0 Å². The third-order valence-electron chi connectivity index (χ3n) is 3.49. The normalized spacial score (nSPS) is 13.5. The van der Waals surface area contributed by atoms with E-state index in [2.05, 4.69) is 5.32 Å². The number of para-hydroxylation sites is 1. The van der Waals surface area contributed by atoms with Crippen molar-refractivity contribution in [2.45, 2.75) is 25.9 Å². The van der Waals surface area contributed by atoms with Crippen molar-refractivity contribution < 1.29 is 18.9 Å². The molecule has 0 aromatic heterocycles. The van der Waals surface area contributed by atoms with E-state index in [-0.39, 0.29) is 11.9 Å². The molecular weight excluding hydrogens is 286 g/mol. The molecule has 0 aliphatic rings. The lowest BCUT2D eigenvalue weighted by molar-refractivity contribution is -0.710. The quantitative estimate of drug-likeness (QED) is 0.876. The van der Waals surface area contributed by atoms with Crippen molar-refractivity contribution in [1.29, 1.82) is 0 Å². The predicted molar refractivity (Wildman–Crippen MR) is 81.2 cm³/mol. The lowest BCUT2D eigenvalue weighted by Crippen LogP contribution is -2.91. The summed E-state index contributed by atoms with van der Waals surface area (Å²) in [4.78, 5) is 12.1. The number of rotatable bonds is 5. The van der Waals surface area contributed by atoms with Crippen LogP contribution in [0.3, 0.4) is 0 Å². The van der Waals surface area contributed by atoms with E-state index in [1.54, 1.807) is 31.3 Å². The molecule has 0 aliphatic carbocycles. The highest BCUT2D eigenvalue weighted by molar-refractivity contribution is 5.93. The molecule has 0 unspecified atom stereocenters. The van der Waals surface area contributed by atoms with Crippen LogP contribution in [0, 0.1) is 11.6 Å². The van der Waals surface area contributed by atoms with Crippen LogP contribution in [0.5, 0.6) is 0 Å². The first-order valence-corrected chi connectivity index (χ1v) is 7.13. The summed E-state index contributed by atoms with van der Waals surface area (Å²) in [6.07, 6.45) is 0. The fraction of sp³-hybridized carbons (Fsp3) is 0.235. The predicted octanol–water partition coefficient (Wildman–Crippen LogP) is 2.62. The molecule has 22 heavy (non-hydrogen) atoms. The second kappa shape index (κ2) is 7.13. The maximum absolute atomic E-state index is 13.7. The van der Waals surface area contributed by atoms with Crippen LogP contribution >= 0.6 is 0 Å². The minimum Gasteiger partial charge on any atom is -0.330 e. The van der Waals surface area contributed by atoms with Crippen LogP contribution in [-0.2, 0) is 4.79 Å². The van der Waals surface area contributed by atoms with Crippen LogP contribution in [0.2, 0.25) is 0 Å². The lowest BCUT2D eigenvalue weighted by atomic mass is 10.1. The molecule has 0 fully saturated rings. The van der Waals surface area contributed by atoms with E-state index in [9.17, 15) is 13.6 Å². The standard InChI is InChI=1S/C17H18F2N2O/c1-11(15-9-8-13(18)10-16(15)19)20-12(2)17(22)21-14-6-4-3-5-7-14/h3-12,20H,1-2H3,(H,21,22)/p+1/t11-,12+/m0/s1. The van der Waals surface area contributed by atoms with Gasteiger partial charge in [-0.3, -0.25) is 4.79 Å². The summed E-state index contributed by atoms with van der Waals surface area (Å²) in [6.45, 7) is 3.53. The van der Waals surface area contributed by atoms with Crippen molar-refractivity contribution in [3.63, 3.8) is 0 Å². The number of quaternary nitrogens is 1. The first kappa shape index (κ1) is 16.1. The number of hydrogen-bond acceptors (Lipinski definition) is 1. The largest absolute Gasteiger partial charge is 0.330 e. The average molecular weight is 305 g/mol. The number of halogens is 2. The van der Waals surface area contributed by atoms with E-state index in [0.29, 0.717) is 11.3 Å². The summed E-state index contributed by atoms with van der Waals surface area (Å²) in [5, 5.41) is 4.54. The number of anilines is 1. The van der Waals surface area contributed by atoms with Gasteiger partial charge in [0.25, 0.3) is 5.91 Å². The Morgan fingerprint density at radius 1 is 1.09 bits per heavy atom. The second-order valence-electron chi connectivity index (χ2n) is 5.29. The molecule has 2 aromatic rings. The summed E-state index contributed by atoms with van der Waals surface area (Å²) in [5.41, 5.74) is 1.09. The third-order valence-corrected chi connectivity index (χ3v) is 3.49. The van der Waals surface area contributed by atoms with E-state index in [4.69, 9.17) is 0 Å². The molecule has 0 heterocycles. The van der Waals surface area contributed by atoms with Crippen LogP contribution in [0.1, 0.15) is 25.5 Å². The average Bonchev–Trinajstić information content (AvgIpc) is 2.47. The van der Waals surface area contributed by atoms with Gasteiger partial charge in [0.05, 0.1) is 0 Å². The Hall–Kier alpha value is -2.27. The highest BCUT2D eigenvalue weighted by Gasteiger charge is 2.22. The molecule has 2 rings (SSSR count). The Labute approximate surface area is 128 Å². The summed E-state index contributed by atoms with van der Waals surface area (Å²) < 4.78 is 26.7. The van der Waals surface area contributed by atoms with Crippen LogP contribution in [0.15, 0.2) is 48.5 Å². The number of nitrogens with one attached hydrogen (secondary N) is 1. The number of carbonyl (C=O) groups is 1. The van der Waals surface area contributed by atoms with Crippen molar-refractivity contribution >= 4 is 11.6 Å². The fourth-order valence-electron chi connectivity index (χ4n) is 2.27. The van der Waals surface area contributed by atoms with Gasteiger partial charge in [-0.15, -0.1) is 0 Å². The Kier molecular flexibility index (Phi) is 5.22. The van der Waals surface area contributed by atoms with Gasteiger partial charge in [0, 0.05) is 17.3 Å². The Morgan fingerprint density at radius 2 is 1.77 bits per heavy atom. The zero-order valence-corrected chi connectivity index (χ0v) is 12.5. The summed E-state index contributed by atoms with van der Waals surface area (Å²) in [5.74, 6) is -1.37. The SMILES string of the molecule is C[C@H]([NH2+][C@H](C)C(=O)Nc1ccccc1)c1ccc(F)cc1F. The van der Waals surface area contributed by atoms with Gasteiger partial charge in [-0.1, -0.05) is 18.2 Å². The van der Waals surface area contributed by atoms with Gasteiger partial charge in [-0.25, -0.2) is 8.78 Å². The zero-order chi connectivity index (χ0) is 16.1. The maximum atomic E-state index is 13.7. The highest BCUT2D eigenvalue weighted by atomic mass is 19.1. The number of carbonyl (C=O) groups excluding carboxylic acids is 1. The van der Waals surface area contributed by atoms with Crippen molar-refractivity contribution in [2.75, 3.05) is 5.32 Å². The third kappa shape index (κ3) is 4.11.